The lowest BCUT2D eigenvalue weighted by molar-refractivity contribution is -0.201. The number of halogens is 4. The number of nitrogens with zero attached hydrogens (tertiary/aromatic N) is 3. The Balaban J connectivity index is 2.01. The molecule has 7 nitrogen and oxygen atoms in total. The van der Waals surface area contributed by atoms with Crippen molar-refractivity contribution in [2.24, 2.45) is 0 Å². The molecule has 0 saturated carbocycles. The van der Waals surface area contributed by atoms with E-state index in [0.717, 1.165) is 4.90 Å². The quantitative estimate of drug-likeness (QED) is 0.596. The molecule has 31 heavy (non-hydrogen) atoms. The van der Waals surface area contributed by atoms with Crippen LogP contribution in [0.2, 0.25) is 0 Å². The van der Waals surface area contributed by atoms with Gasteiger partial charge in [0.25, 0.3) is 0 Å². The Labute approximate surface area is 186 Å². The first-order chi connectivity index (χ1) is 14.3. The summed E-state index contributed by atoms with van der Waals surface area (Å²) in [6.45, 7) is 4.64. The Bertz CT molecular complexity index is 885. The number of aromatic nitrogens is 1. The Hall–Kier alpha value is -2.17. The van der Waals surface area contributed by atoms with Gasteiger partial charge in [-0.2, -0.15) is 13.2 Å². The summed E-state index contributed by atoms with van der Waals surface area (Å²) in [5, 5.41) is 0. The SMILES string of the molecule is CC(C)(C)OC(=O)N1C(=O)CCC12CCCN(C(c1ccc(Br)cn1)C(F)(F)F)C2=O. The number of ether oxygens (including phenoxy) is 1. The molecule has 0 aliphatic carbocycles. The molecule has 0 radical (unpaired) electrons. The predicted octanol–water partition coefficient (Wildman–Crippen LogP) is 4.37. The third-order valence-electron chi connectivity index (χ3n) is 5.31. The van der Waals surface area contributed by atoms with Gasteiger partial charge in [-0.15, -0.1) is 0 Å². The maximum atomic E-state index is 14.1. The number of rotatable bonds is 2. The van der Waals surface area contributed by atoms with Gasteiger partial charge in [-0.1, -0.05) is 0 Å². The average molecular weight is 506 g/mol. The number of hydrogen-bond donors (Lipinski definition) is 0. The van der Waals surface area contributed by atoms with E-state index >= 15 is 0 Å². The maximum absolute atomic E-state index is 14.1. The molecule has 11 heteroatoms. The van der Waals surface area contributed by atoms with Crippen molar-refractivity contribution in [2.75, 3.05) is 6.54 Å². The molecular formula is C20H23BrF3N3O4. The van der Waals surface area contributed by atoms with Crippen molar-refractivity contribution in [1.29, 1.82) is 0 Å². The number of amides is 3. The van der Waals surface area contributed by atoms with Gasteiger partial charge in [0.05, 0.1) is 5.69 Å². The zero-order valence-corrected chi connectivity index (χ0v) is 18.9. The number of pyridine rings is 1. The van der Waals surface area contributed by atoms with Crippen LogP contribution in [-0.4, -0.2) is 56.6 Å². The van der Waals surface area contributed by atoms with Crippen molar-refractivity contribution < 1.29 is 32.3 Å². The summed E-state index contributed by atoms with van der Waals surface area (Å²) >= 11 is 3.14. The Morgan fingerprint density at radius 3 is 2.45 bits per heavy atom. The van der Waals surface area contributed by atoms with Crippen LogP contribution in [0.25, 0.3) is 0 Å². The molecule has 1 aromatic heterocycles. The van der Waals surface area contributed by atoms with E-state index in [0.29, 0.717) is 9.37 Å². The van der Waals surface area contributed by atoms with E-state index in [9.17, 15) is 27.6 Å². The number of imide groups is 1. The lowest BCUT2D eigenvalue weighted by Gasteiger charge is -2.46. The number of piperidine rings is 1. The first kappa shape index (κ1) is 23.5. The second-order valence-electron chi connectivity index (χ2n) is 8.69. The molecule has 2 saturated heterocycles. The minimum Gasteiger partial charge on any atom is -0.443 e. The second kappa shape index (κ2) is 8.07. The van der Waals surface area contributed by atoms with Crippen LogP contribution in [0.1, 0.15) is 58.2 Å². The van der Waals surface area contributed by atoms with Gasteiger partial charge in [0.15, 0.2) is 6.04 Å². The fourth-order valence-corrected chi connectivity index (χ4v) is 4.35. The largest absolute Gasteiger partial charge is 0.443 e. The third-order valence-corrected chi connectivity index (χ3v) is 5.78. The fraction of sp³-hybridized carbons (Fsp3) is 0.600. The number of carbonyl (C=O) groups is 3. The van der Waals surface area contributed by atoms with Crippen molar-refractivity contribution in [3.05, 3.63) is 28.5 Å². The van der Waals surface area contributed by atoms with Crippen LogP contribution in [-0.2, 0) is 14.3 Å². The van der Waals surface area contributed by atoms with Gasteiger partial charge in [-0.3, -0.25) is 14.6 Å². The molecule has 3 rings (SSSR count). The van der Waals surface area contributed by atoms with Gasteiger partial charge in [-0.25, -0.2) is 9.69 Å². The topological polar surface area (TPSA) is 79.8 Å². The molecular weight excluding hydrogens is 483 g/mol. The van der Waals surface area contributed by atoms with Crippen LogP contribution in [0.4, 0.5) is 18.0 Å². The van der Waals surface area contributed by atoms with Crippen LogP contribution in [0, 0.1) is 0 Å². The van der Waals surface area contributed by atoms with Crippen LogP contribution >= 0.6 is 15.9 Å². The van der Waals surface area contributed by atoms with Crippen LogP contribution in [0.5, 0.6) is 0 Å². The van der Waals surface area contributed by atoms with Crippen molar-refractivity contribution in [1.82, 2.24) is 14.8 Å². The smallest absolute Gasteiger partial charge is 0.418 e. The molecule has 0 N–H and O–H groups in total. The minimum absolute atomic E-state index is 0.0429. The molecule has 1 aromatic rings. The Morgan fingerprint density at radius 1 is 1.23 bits per heavy atom. The summed E-state index contributed by atoms with van der Waals surface area (Å²) in [5.74, 6) is -1.54. The molecule has 2 fully saturated rings. The zero-order valence-electron chi connectivity index (χ0n) is 17.3. The van der Waals surface area contributed by atoms with E-state index in [1.807, 2.05) is 0 Å². The van der Waals surface area contributed by atoms with E-state index in [-0.39, 0.29) is 37.9 Å². The van der Waals surface area contributed by atoms with E-state index in [1.54, 1.807) is 20.8 Å². The standard InChI is InChI=1S/C20H23BrF3N3O4/c1-18(2,3)31-17(30)27-14(28)7-9-19(27)8-4-10-26(16(19)29)15(20(22,23)24)13-6-5-12(21)11-25-13/h5-6,11,15H,4,7-10H2,1-3H3. The number of alkyl halides is 3. The first-order valence-electron chi connectivity index (χ1n) is 9.81. The average Bonchev–Trinajstić information content (AvgIpc) is 2.95. The third kappa shape index (κ3) is 4.56. The van der Waals surface area contributed by atoms with Crippen molar-refractivity contribution in [2.45, 2.75) is 69.8 Å². The molecule has 1 spiro atoms. The van der Waals surface area contributed by atoms with Crippen molar-refractivity contribution in [3.8, 4) is 0 Å². The second-order valence-corrected chi connectivity index (χ2v) is 9.60. The van der Waals surface area contributed by atoms with E-state index in [2.05, 4.69) is 20.9 Å². The number of carbonyl (C=O) groups excluding carboxylic acids is 3. The highest BCUT2D eigenvalue weighted by Crippen LogP contribution is 2.45. The summed E-state index contributed by atoms with van der Waals surface area (Å²) in [5.41, 5.74) is -2.96. The summed E-state index contributed by atoms with van der Waals surface area (Å²) in [6, 6.07) is 0.320. The van der Waals surface area contributed by atoms with Crippen LogP contribution < -0.4 is 0 Å². The van der Waals surface area contributed by atoms with E-state index in [1.165, 1.54) is 18.3 Å². The zero-order chi connectivity index (χ0) is 23.2. The molecule has 2 aliphatic rings. The highest BCUT2D eigenvalue weighted by Gasteiger charge is 2.61. The summed E-state index contributed by atoms with van der Waals surface area (Å²) in [7, 11) is 0. The summed E-state index contributed by atoms with van der Waals surface area (Å²) in [6.07, 6.45) is -4.47. The monoisotopic (exact) mass is 505 g/mol. The van der Waals surface area contributed by atoms with Gasteiger partial charge in [-0.05, 0) is 68.1 Å². The lowest BCUT2D eigenvalue weighted by atomic mass is 9.84. The van der Waals surface area contributed by atoms with Gasteiger partial charge in [0.2, 0.25) is 11.8 Å². The number of likely N-dealkylation sites (tertiary alicyclic amines) is 2. The lowest BCUT2D eigenvalue weighted by Crippen LogP contribution is -2.64. The predicted molar refractivity (Wildman–Crippen MR) is 107 cm³/mol. The number of hydrogen-bond acceptors (Lipinski definition) is 5. The molecule has 2 unspecified atom stereocenters. The normalized spacial score (nSPS) is 23.5. The van der Waals surface area contributed by atoms with Gasteiger partial charge in [0.1, 0.15) is 11.1 Å². The molecule has 2 aliphatic heterocycles. The molecule has 2 atom stereocenters. The van der Waals surface area contributed by atoms with Crippen molar-refractivity contribution >= 4 is 33.8 Å². The first-order valence-corrected chi connectivity index (χ1v) is 10.6. The van der Waals surface area contributed by atoms with Gasteiger partial charge in [0, 0.05) is 23.6 Å². The highest BCUT2D eigenvalue weighted by atomic mass is 79.9. The highest BCUT2D eigenvalue weighted by molar-refractivity contribution is 9.10. The van der Waals surface area contributed by atoms with Crippen LogP contribution in [0.3, 0.4) is 0 Å². The molecule has 0 aromatic carbocycles. The Kier molecular flexibility index (Phi) is 6.11. The molecule has 170 valence electrons. The molecule has 3 heterocycles. The Morgan fingerprint density at radius 2 is 1.90 bits per heavy atom. The van der Waals surface area contributed by atoms with E-state index in [4.69, 9.17) is 4.74 Å². The minimum atomic E-state index is -4.80. The van der Waals surface area contributed by atoms with Gasteiger partial charge < -0.3 is 9.64 Å². The van der Waals surface area contributed by atoms with Crippen molar-refractivity contribution in [3.63, 3.8) is 0 Å². The fourth-order valence-electron chi connectivity index (χ4n) is 4.12. The van der Waals surface area contributed by atoms with Gasteiger partial charge >= 0.3 is 12.3 Å². The molecule has 3 amide bonds. The van der Waals surface area contributed by atoms with E-state index < -0.39 is 41.3 Å². The van der Waals surface area contributed by atoms with Crippen LogP contribution in [0.15, 0.2) is 22.8 Å². The summed E-state index contributed by atoms with van der Waals surface area (Å²) in [4.78, 5) is 44.0. The maximum Gasteiger partial charge on any atom is 0.418 e. The summed E-state index contributed by atoms with van der Waals surface area (Å²) < 4.78 is 48.0. The molecule has 0 bridgehead atoms.